The first-order chi connectivity index (χ1) is 11.1. The molecule has 0 aliphatic carbocycles. The van der Waals surface area contributed by atoms with Gasteiger partial charge in [0.2, 0.25) is 5.91 Å². The number of benzene rings is 2. The Labute approximate surface area is 135 Å². The number of carbonyl (C=O) groups is 2. The predicted octanol–water partition coefficient (Wildman–Crippen LogP) is 3.11. The van der Waals surface area contributed by atoms with Gasteiger partial charge in [-0.25, -0.2) is 5.43 Å². The topological polar surface area (TPSA) is 70.6 Å². The van der Waals surface area contributed by atoms with Crippen molar-refractivity contribution in [1.82, 2.24) is 5.43 Å². The van der Waals surface area contributed by atoms with Crippen molar-refractivity contribution in [2.75, 3.05) is 5.32 Å². The molecule has 0 aliphatic rings. The van der Waals surface area contributed by atoms with Crippen LogP contribution in [0.2, 0.25) is 0 Å². The van der Waals surface area contributed by atoms with E-state index in [2.05, 4.69) is 15.8 Å². The Morgan fingerprint density at radius 1 is 1.13 bits per heavy atom. The highest BCUT2D eigenvalue weighted by Crippen LogP contribution is 2.10. The third-order valence-electron chi connectivity index (χ3n) is 3.17. The normalized spacial score (nSPS) is 10.5. The van der Waals surface area contributed by atoms with Crippen LogP contribution in [0.1, 0.15) is 34.8 Å². The van der Waals surface area contributed by atoms with E-state index < -0.39 is 0 Å². The first-order valence-corrected chi connectivity index (χ1v) is 7.38. The zero-order valence-electron chi connectivity index (χ0n) is 13.2. The number of amides is 2. The van der Waals surface area contributed by atoms with Crippen LogP contribution in [0.3, 0.4) is 0 Å². The van der Waals surface area contributed by atoms with E-state index in [0.717, 1.165) is 11.1 Å². The molecule has 118 valence electrons. The first-order valence-electron chi connectivity index (χ1n) is 7.38. The molecule has 0 aliphatic heterocycles. The molecule has 0 fully saturated rings. The van der Waals surface area contributed by atoms with Gasteiger partial charge >= 0.3 is 0 Å². The molecule has 0 aromatic heterocycles. The van der Waals surface area contributed by atoms with E-state index in [-0.39, 0.29) is 11.8 Å². The molecular weight excluding hydrogens is 290 g/mol. The molecule has 23 heavy (non-hydrogen) atoms. The molecule has 0 heterocycles. The van der Waals surface area contributed by atoms with Gasteiger partial charge in [-0.15, -0.1) is 0 Å². The summed E-state index contributed by atoms with van der Waals surface area (Å²) in [5.41, 5.74) is 5.67. The van der Waals surface area contributed by atoms with Crippen LogP contribution < -0.4 is 10.7 Å². The molecule has 0 atom stereocenters. The van der Waals surface area contributed by atoms with Crippen LogP contribution in [0.5, 0.6) is 0 Å². The quantitative estimate of drug-likeness (QED) is 0.658. The minimum atomic E-state index is -0.303. The van der Waals surface area contributed by atoms with E-state index in [1.807, 2.05) is 31.2 Å². The fourth-order valence-electron chi connectivity index (χ4n) is 1.93. The summed E-state index contributed by atoms with van der Waals surface area (Å²) >= 11 is 0. The lowest BCUT2D eigenvalue weighted by molar-refractivity contribution is -0.115. The van der Waals surface area contributed by atoms with E-state index in [0.29, 0.717) is 17.7 Å². The number of hydrazone groups is 1. The van der Waals surface area contributed by atoms with Crippen molar-refractivity contribution in [2.45, 2.75) is 20.3 Å². The SMILES string of the molecule is CCC(=O)Nc1ccc(C(=O)N/N=C/c2cccc(C)c2)cc1. The number of carbonyl (C=O) groups excluding carboxylic acids is 2. The number of rotatable bonds is 5. The summed E-state index contributed by atoms with van der Waals surface area (Å²) in [5, 5.41) is 6.68. The van der Waals surface area contributed by atoms with Crippen LogP contribution in [-0.2, 0) is 4.79 Å². The Kier molecular flexibility index (Phi) is 5.63. The molecule has 0 saturated carbocycles. The summed E-state index contributed by atoms with van der Waals surface area (Å²) < 4.78 is 0. The summed E-state index contributed by atoms with van der Waals surface area (Å²) in [7, 11) is 0. The number of anilines is 1. The molecule has 5 nitrogen and oxygen atoms in total. The number of nitrogens with one attached hydrogen (secondary N) is 2. The molecule has 2 aromatic carbocycles. The molecule has 5 heteroatoms. The van der Waals surface area contributed by atoms with Crippen LogP contribution in [0, 0.1) is 6.92 Å². The number of hydrogen-bond donors (Lipinski definition) is 2. The summed E-state index contributed by atoms with van der Waals surface area (Å²) in [6.45, 7) is 3.78. The predicted molar refractivity (Wildman–Crippen MR) is 91.6 cm³/mol. The van der Waals surface area contributed by atoms with Crippen LogP contribution in [0.4, 0.5) is 5.69 Å². The number of nitrogens with zero attached hydrogens (tertiary/aromatic N) is 1. The minimum absolute atomic E-state index is 0.0649. The standard InChI is InChI=1S/C18H19N3O2/c1-3-17(22)20-16-9-7-15(8-10-16)18(23)21-19-12-14-6-4-5-13(2)11-14/h4-12H,3H2,1-2H3,(H,20,22)(H,21,23)/b19-12+. The average molecular weight is 309 g/mol. The lowest BCUT2D eigenvalue weighted by Gasteiger charge is -2.04. The summed E-state index contributed by atoms with van der Waals surface area (Å²) in [5.74, 6) is -0.368. The van der Waals surface area contributed by atoms with Crippen molar-refractivity contribution < 1.29 is 9.59 Å². The van der Waals surface area contributed by atoms with E-state index >= 15 is 0 Å². The second-order valence-electron chi connectivity index (χ2n) is 5.09. The highest BCUT2D eigenvalue weighted by molar-refractivity contribution is 5.96. The monoisotopic (exact) mass is 309 g/mol. The van der Waals surface area contributed by atoms with Gasteiger partial charge in [-0.3, -0.25) is 9.59 Å². The van der Waals surface area contributed by atoms with Crippen molar-refractivity contribution in [1.29, 1.82) is 0 Å². The van der Waals surface area contributed by atoms with E-state index in [1.165, 1.54) is 0 Å². The molecule has 2 aromatic rings. The largest absolute Gasteiger partial charge is 0.326 e. The Balaban J connectivity index is 1.94. The van der Waals surface area contributed by atoms with E-state index in [9.17, 15) is 9.59 Å². The molecule has 0 saturated heterocycles. The van der Waals surface area contributed by atoms with Crippen molar-refractivity contribution in [3.05, 3.63) is 65.2 Å². The van der Waals surface area contributed by atoms with Gasteiger partial charge in [0.1, 0.15) is 0 Å². The molecule has 0 radical (unpaired) electrons. The van der Waals surface area contributed by atoms with Gasteiger partial charge in [-0.1, -0.05) is 36.8 Å². The zero-order valence-corrected chi connectivity index (χ0v) is 13.2. The maximum atomic E-state index is 12.0. The third kappa shape index (κ3) is 5.07. The Bertz CT molecular complexity index is 721. The highest BCUT2D eigenvalue weighted by atomic mass is 16.2. The molecule has 0 unspecified atom stereocenters. The summed E-state index contributed by atoms with van der Waals surface area (Å²) in [4.78, 5) is 23.3. The van der Waals surface area contributed by atoms with Gasteiger partial charge in [0.05, 0.1) is 6.21 Å². The summed E-state index contributed by atoms with van der Waals surface area (Å²) in [6, 6.07) is 14.5. The fourth-order valence-corrected chi connectivity index (χ4v) is 1.93. The molecule has 2 rings (SSSR count). The van der Waals surface area contributed by atoms with Gasteiger partial charge in [-0.05, 0) is 36.8 Å². The van der Waals surface area contributed by atoms with Crippen LogP contribution in [-0.4, -0.2) is 18.0 Å². The smallest absolute Gasteiger partial charge is 0.271 e. The molecule has 0 spiro atoms. The average Bonchev–Trinajstić information content (AvgIpc) is 2.55. The van der Waals surface area contributed by atoms with Gasteiger partial charge in [0, 0.05) is 17.7 Å². The van der Waals surface area contributed by atoms with Crippen LogP contribution >= 0.6 is 0 Å². The molecule has 2 N–H and O–H groups in total. The lowest BCUT2D eigenvalue weighted by atomic mass is 10.2. The van der Waals surface area contributed by atoms with Crippen molar-refractivity contribution >= 4 is 23.7 Å². The van der Waals surface area contributed by atoms with E-state index in [4.69, 9.17) is 0 Å². The first kappa shape index (κ1) is 16.4. The third-order valence-corrected chi connectivity index (χ3v) is 3.17. The second-order valence-corrected chi connectivity index (χ2v) is 5.09. The van der Waals surface area contributed by atoms with Gasteiger partial charge < -0.3 is 5.32 Å². The van der Waals surface area contributed by atoms with Crippen molar-refractivity contribution in [2.24, 2.45) is 5.10 Å². The van der Waals surface area contributed by atoms with Gasteiger partial charge in [-0.2, -0.15) is 5.10 Å². The molecule has 2 amide bonds. The molecule has 0 bridgehead atoms. The maximum absolute atomic E-state index is 12.0. The second kappa shape index (κ2) is 7.89. The van der Waals surface area contributed by atoms with Gasteiger partial charge in [0.25, 0.3) is 5.91 Å². The highest BCUT2D eigenvalue weighted by Gasteiger charge is 2.05. The lowest BCUT2D eigenvalue weighted by Crippen LogP contribution is -2.17. The maximum Gasteiger partial charge on any atom is 0.271 e. The molecular formula is C18H19N3O2. The van der Waals surface area contributed by atoms with Crippen molar-refractivity contribution in [3.63, 3.8) is 0 Å². The Morgan fingerprint density at radius 3 is 2.52 bits per heavy atom. The van der Waals surface area contributed by atoms with Gasteiger partial charge in [0.15, 0.2) is 0 Å². The number of aryl methyl sites for hydroxylation is 1. The Morgan fingerprint density at radius 2 is 1.87 bits per heavy atom. The summed E-state index contributed by atoms with van der Waals surface area (Å²) in [6.07, 6.45) is 2.01. The van der Waals surface area contributed by atoms with Crippen LogP contribution in [0.25, 0.3) is 0 Å². The van der Waals surface area contributed by atoms with E-state index in [1.54, 1.807) is 37.4 Å². The zero-order chi connectivity index (χ0) is 16.7. The Hall–Kier alpha value is -2.95. The van der Waals surface area contributed by atoms with Crippen molar-refractivity contribution in [3.8, 4) is 0 Å². The fraction of sp³-hybridized carbons (Fsp3) is 0.167. The minimum Gasteiger partial charge on any atom is -0.326 e. The van der Waals surface area contributed by atoms with Crippen LogP contribution in [0.15, 0.2) is 53.6 Å². The number of hydrogen-bond acceptors (Lipinski definition) is 3.